The SMILES string of the molecule is COC(=O)c1cc(F)c(F)cc1N1CC(CS)CC1=O. The number of amides is 1. The average molecular weight is 301 g/mol. The predicted octanol–water partition coefficient (Wildman–Crippen LogP) is 2.03. The Hall–Kier alpha value is -1.63. The summed E-state index contributed by atoms with van der Waals surface area (Å²) >= 11 is 4.13. The van der Waals surface area contributed by atoms with Gasteiger partial charge in [0.1, 0.15) is 0 Å². The van der Waals surface area contributed by atoms with E-state index < -0.39 is 17.6 Å². The topological polar surface area (TPSA) is 46.6 Å². The van der Waals surface area contributed by atoms with Gasteiger partial charge < -0.3 is 9.64 Å². The summed E-state index contributed by atoms with van der Waals surface area (Å²) in [5.41, 5.74) is -0.135. The Labute approximate surface area is 120 Å². The minimum absolute atomic E-state index is 0.0180. The number of anilines is 1. The Morgan fingerprint density at radius 2 is 2.10 bits per heavy atom. The van der Waals surface area contributed by atoms with Gasteiger partial charge in [-0.2, -0.15) is 12.6 Å². The summed E-state index contributed by atoms with van der Waals surface area (Å²) in [6, 6.07) is 1.60. The van der Waals surface area contributed by atoms with Crippen LogP contribution in [0.2, 0.25) is 0 Å². The van der Waals surface area contributed by atoms with Crippen LogP contribution in [0, 0.1) is 17.6 Å². The number of carbonyl (C=O) groups excluding carboxylic acids is 2. The number of methoxy groups -OCH3 is 1. The number of nitrogens with zero attached hydrogens (tertiary/aromatic N) is 1. The van der Waals surface area contributed by atoms with Gasteiger partial charge in [0, 0.05) is 19.0 Å². The monoisotopic (exact) mass is 301 g/mol. The van der Waals surface area contributed by atoms with Crippen LogP contribution in [-0.2, 0) is 9.53 Å². The van der Waals surface area contributed by atoms with Crippen molar-refractivity contribution in [3.8, 4) is 0 Å². The number of rotatable bonds is 3. The second-order valence-corrected chi connectivity index (χ2v) is 4.90. The molecule has 0 spiro atoms. The summed E-state index contributed by atoms with van der Waals surface area (Å²) in [5, 5.41) is 0. The van der Waals surface area contributed by atoms with E-state index in [-0.39, 0.29) is 29.5 Å². The molecule has 1 heterocycles. The van der Waals surface area contributed by atoms with Crippen LogP contribution in [0.15, 0.2) is 12.1 Å². The van der Waals surface area contributed by atoms with Gasteiger partial charge >= 0.3 is 5.97 Å². The highest BCUT2D eigenvalue weighted by Crippen LogP contribution is 2.30. The van der Waals surface area contributed by atoms with E-state index in [0.717, 1.165) is 19.2 Å². The van der Waals surface area contributed by atoms with Crippen LogP contribution < -0.4 is 4.90 Å². The summed E-state index contributed by atoms with van der Waals surface area (Å²) < 4.78 is 31.2. The number of carbonyl (C=O) groups is 2. The molecule has 1 saturated heterocycles. The van der Waals surface area contributed by atoms with Crippen LogP contribution in [0.25, 0.3) is 0 Å². The lowest BCUT2D eigenvalue weighted by atomic mass is 10.1. The second-order valence-electron chi connectivity index (χ2n) is 4.53. The third kappa shape index (κ3) is 2.63. The zero-order valence-corrected chi connectivity index (χ0v) is 11.6. The van der Waals surface area contributed by atoms with Crippen molar-refractivity contribution in [2.45, 2.75) is 6.42 Å². The van der Waals surface area contributed by atoms with Gasteiger partial charge in [-0.05, 0) is 17.7 Å². The first-order valence-corrected chi connectivity index (χ1v) is 6.59. The summed E-state index contributed by atoms with van der Waals surface area (Å²) in [4.78, 5) is 24.8. The van der Waals surface area contributed by atoms with Crippen molar-refractivity contribution in [2.75, 3.05) is 24.3 Å². The number of esters is 1. The van der Waals surface area contributed by atoms with E-state index in [2.05, 4.69) is 17.4 Å². The minimum Gasteiger partial charge on any atom is -0.465 e. The van der Waals surface area contributed by atoms with Crippen molar-refractivity contribution < 1.29 is 23.1 Å². The highest BCUT2D eigenvalue weighted by Gasteiger charge is 2.33. The first-order valence-electron chi connectivity index (χ1n) is 5.96. The molecule has 0 bridgehead atoms. The molecule has 0 saturated carbocycles. The molecule has 108 valence electrons. The molecule has 1 aliphatic rings. The lowest BCUT2D eigenvalue weighted by Gasteiger charge is -2.19. The van der Waals surface area contributed by atoms with E-state index >= 15 is 0 Å². The molecule has 1 aromatic carbocycles. The fraction of sp³-hybridized carbons (Fsp3) is 0.385. The first-order chi connectivity index (χ1) is 9.47. The van der Waals surface area contributed by atoms with E-state index in [9.17, 15) is 18.4 Å². The molecule has 4 nitrogen and oxygen atoms in total. The molecule has 1 fully saturated rings. The largest absolute Gasteiger partial charge is 0.465 e. The van der Waals surface area contributed by atoms with Crippen LogP contribution >= 0.6 is 12.6 Å². The minimum atomic E-state index is -1.16. The molecule has 1 atom stereocenters. The van der Waals surface area contributed by atoms with Crippen molar-refractivity contribution in [3.05, 3.63) is 29.3 Å². The molecule has 0 aliphatic carbocycles. The maximum atomic E-state index is 13.4. The maximum absolute atomic E-state index is 13.4. The molecule has 1 unspecified atom stereocenters. The lowest BCUT2D eigenvalue weighted by Crippen LogP contribution is -2.27. The van der Waals surface area contributed by atoms with Crippen LogP contribution in [0.4, 0.5) is 14.5 Å². The standard InChI is InChI=1S/C13H13F2NO3S/c1-19-13(18)8-3-9(14)10(15)4-11(8)16-5-7(6-20)2-12(16)17/h3-4,7,20H,2,5-6H2,1H3. The van der Waals surface area contributed by atoms with E-state index in [1.807, 2.05) is 0 Å². The Bertz CT molecular complexity index is 565. The van der Waals surface area contributed by atoms with E-state index in [1.165, 1.54) is 4.90 Å². The molecular formula is C13H13F2NO3S. The molecule has 2 rings (SSSR count). The summed E-state index contributed by atoms with van der Waals surface area (Å²) in [6.07, 6.45) is 0.267. The van der Waals surface area contributed by atoms with Gasteiger partial charge in [0.25, 0.3) is 0 Å². The van der Waals surface area contributed by atoms with E-state index in [0.29, 0.717) is 12.3 Å². The second kappa shape index (κ2) is 5.78. The van der Waals surface area contributed by atoms with Crippen molar-refractivity contribution in [1.29, 1.82) is 0 Å². The molecule has 1 aliphatic heterocycles. The summed E-state index contributed by atoms with van der Waals surface area (Å²) in [6.45, 7) is 0.317. The van der Waals surface area contributed by atoms with Crippen molar-refractivity contribution in [3.63, 3.8) is 0 Å². The zero-order chi connectivity index (χ0) is 14.9. The number of hydrogen-bond donors (Lipinski definition) is 1. The average Bonchev–Trinajstić information content (AvgIpc) is 2.81. The number of halogens is 2. The molecule has 1 aromatic rings. The Morgan fingerprint density at radius 3 is 2.65 bits per heavy atom. The third-order valence-electron chi connectivity index (χ3n) is 3.20. The van der Waals surface area contributed by atoms with E-state index in [4.69, 9.17) is 0 Å². The third-order valence-corrected chi connectivity index (χ3v) is 3.71. The molecular weight excluding hydrogens is 288 g/mol. The smallest absolute Gasteiger partial charge is 0.340 e. The van der Waals surface area contributed by atoms with E-state index in [1.54, 1.807) is 0 Å². The predicted molar refractivity (Wildman–Crippen MR) is 72.0 cm³/mol. The zero-order valence-electron chi connectivity index (χ0n) is 10.7. The van der Waals surface area contributed by atoms with Gasteiger partial charge in [-0.1, -0.05) is 0 Å². The van der Waals surface area contributed by atoms with Crippen LogP contribution in [0.1, 0.15) is 16.8 Å². The Kier molecular flexibility index (Phi) is 4.27. The molecule has 0 aromatic heterocycles. The fourth-order valence-electron chi connectivity index (χ4n) is 2.17. The Morgan fingerprint density at radius 1 is 1.45 bits per heavy atom. The molecule has 1 amide bonds. The molecule has 7 heteroatoms. The molecule has 20 heavy (non-hydrogen) atoms. The van der Waals surface area contributed by atoms with Crippen molar-refractivity contribution in [1.82, 2.24) is 0 Å². The number of hydrogen-bond acceptors (Lipinski definition) is 4. The number of thiol groups is 1. The van der Waals surface area contributed by atoms with Gasteiger partial charge in [0.05, 0.1) is 18.4 Å². The van der Waals surface area contributed by atoms with Gasteiger partial charge in [-0.25, -0.2) is 13.6 Å². The Balaban J connectivity index is 2.47. The van der Waals surface area contributed by atoms with Crippen molar-refractivity contribution >= 4 is 30.2 Å². The van der Waals surface area contributed by atoms with Crippen LogP contribution in [0.3, 0.4) is 0 Å². The number of benzene rings is 1. The lowest BCUT2D eigenvalue weighted by molar-refractivity contribution is -0.117. The quantitative estimate of drug-likeness (QED) is 0.686. The van der Waals surface area contributed by atoms with Gasteiger partial charge in [0.15, 0.2) is 11.6 Å². The number of ether oxygens (including phenoxy) is 1. The van der Waals surface area contributed by atoms with Crippen molar-refractivity contribution in [2.24, 2.45) is 5.92 Å². The maximum Gasteiger partial charge on any atom is 0.340 e. The van der Waals surface area contributed by atoms with Crippen LogP contribution in [-0.4, -0.2) is 31.3 Å². The first kappa shape index (κ1) is 14.8. The van der Waals surface area contributed by atoms with Gasteiger partial charge in [0.2, 0.25) is 5.91 Å². The van der Waals surface area contributed by atoms with Crippen LogP contribution in [0.5, 0.6) is 0 Å². The van der Waals surface area contributed by atoms with Gasteiger partial charge in [-0.3, -0.25) is 4.79 Å². The summed E-state index contributed by atoms with van der Waals surface area (Å²) in [7, 11) is 1.13. The summed E-state index contributed by atoms with van der Waals surface area (Å²) in [5.74, 6) is -2.83. The normalized spacial score (nSPS) is 18.5. The fourth-order valence-corrected chi connectivity index (χ4v) is 2.41. The highest BCUT2D eigenvalue weighted by atomic mass is 32.1. The molecule has 0 N–H and O–H groups in total. The van der Waals surface area contributed by atoms with Gasteiger partial charge in [-0.15, -0.1) is 0 Å². The highest BCUT2D eigenvalue weighted by molar-refractivity contribution is 7.80. The molecule has 0 radical (unpaired) electrons.